The van der Waals surface area contributed by atoms with Crippen LogP contribution in [0.2, 0.25) is 0 Å². The maximum absolute atomic E-state index is 10.5. The van der Waals surface area contributed by atoms with Crippen LogP contribution in [0.15, 0.2) is 54.6 Å². The molecule has 1 aliphatic rings. The molecule has 0 saturated heterocycles. The lowest BCUT2D eigenvalue weighted by atomic mass is 10.1. The van der Waals surface area contributed by atoms with Crippen LogP contribution in [0.4, 0.5) is 0 Å². The van der Waals surface area contributed by atoms with E-state index >= 15 is 0 Å². The summed E-state index contributed by atoms with van der Waals surface area (Å²) in [6, 6.07) is 17.5. The molecule has 4 rings (SSSR count). The number of fused-ring (bicyclic) bond motifs is 3. The molecule has 0 bridgehead atoms. The molecular formula is C17H13NO2S. The van der Waals surface area contributed by atoms with E-state index in [1.165, 1.54) is 11.3 Å². The summed E-state index contributed by atoms with van der Waals surface area (Å²) in [5.41, 5.74) is 2.80. The third-order valence-corrected chi connectivity index (χ3v) is 4.65. The van der Waals surface area contributed by atoms with Crippen molar-refractivity contribution in [3.8, 4) is 17.0 Å². The summed E-state index contributed by atoms with van der Waals surface area (Å²) in [6.45, 7) is 0.519. The number of para-hydroxylation sites is 1. The van der Waals surface area contributed by atoms with Gasteiger partial charge in [0.1, 0.15) is 23.5 Å². The number of hydrogen-bond acceptors (Lipinski definition) is 4. The van der Waals surface area contributed by atoms with E-state index in [4.69, 9.17) is 4.74 Å². The predicted octanol–water partition coefficient (Wildman–Crippen LogP) is 3.78. The fourth-order valence-electron chi connectivity index (χ4n) is 2.50. The van der Waals surface area contributed by atoms with Gasteiger partial charge in [0.15, 0.2) is 0 Å². The molecule has 1 atom stereocenters. The lowest BCUT2D eigenvalue weighted by molar-refractivity contribution is 0.220. The monoisotopic (exact) mass is 295 g/mol. The molecule has 2 heterocycles. The number of nitrogens with zero attached hydrogens (tertiary/aromatic N) is 1. The van der Waals surface area contributed by atoms with E-state index < -0.39 is 6.10 Å². The van der Waals surface area contributed by atoms with Gasteiger partial charge in [0.05, 0.1) is 10.6 Å². The standard InChI is InChI=1S/C17H13NO2S/c19-16(11-6-2-1-3-7-11)17-18-15-12-8-4-5-9-13(12)20-10-14(15)21-17/h1-9,16,19H,10H2. The SMILES string of the molecule is OC(c1ccccc1)c1nc2c(s1)COc1ccccc1-2. The van der Waals surface area contributed by atoms with Crippen LogP contribution >= 0.6 is 11.3 Å². The minimum absolute atomic E-state index is 0.519. The lowest BCUT2D eigenvalue weighted by Crippen LogP contribution is -2.02. The molecule has 4 heteroatoms. The first-order valence-electron chi connectivity index (χ1n) is 6.78. The summed E-state index contributed by atoms with van der Waals surface area (Å²) in [4.78, 5) is 5.73. The van der Waals surface area contributed by atoms with Crippen molar-refractivity contribution < 1.29 is 9.84 Å². The molecule has 1 aliphatic heterocycles. The largest absolute Gasteiger partial charge is 0.487 e. The Morgan fingerprint density at radius 2 is 1.81 bits per heavy atom. The first-order valence-corrected chi connectivity index (χ1v) is 7.59. The highest BCUT2D eigenvalue weighted by molar-refractivity contribution is 7.12. The Hall–Kier alpha value is -2.17. The molecule has 3 nitrogen and oxygen atoms in total. The van der Waals surface area contributed by atoms with Gasteiger partial charge in [-0.3, -0.25) is 0 Å². The van der Waals surface area contributed by atoms with E-state index in [0.29, 0.717) is 11.6 Å². The molecule has 2 aromatic carbocycles. The van der Waals surface area contributed by atoms with Crippen LogP contribution in [0.1, 0.15) is 21.6 Å². The van der Waals surface area contributed by atoms with Crippen molar-refractivity contribution in [3.05, 3.63) is 70.0 Å². The van der Waals surface area contributed by atoms with Crippen molar-refractivity contribution in [2.75, 3.05) is 0 Å². The van der Waals surface area contributed by atoms with E-state index in [0.717, 1.165) is 27.4 Å². The van der Waals surface area contributed by atoms with Crippen LogP contribution in [-0.2, 0) is 6.61 Å². The summed E-state index contributed by atoms with van der Waals surface area (Å²) < 4.78 is 5.74. The number of hydrogen-bond donors (Lipinski definition) is 1. The number of thiazole rings is 1. The molecule has 0 fully saturated rings. The van der Waals surface area contributed by atoms with Gasteiger partial charge >= 0.3 is 0 Å². The van der Waals surface area contributed by atoms with Crippen LogP contribution < -0.4 is 4.74 Å². The van der Waals surface area contributed by atoms with E-state index in [9.17, 15) is 5.11 Å². The molecule has 104 valence electrons. The fourth-order valence-corrected chi connectivity index (χ4v) is 3.51. The summed E-state index contributed by atoms with van der Waals surface area (Å²) >= 11 is 1.52. The minimum atomic E-state index is -0.686. The molecule has 0 saturated carbocycles. The van der Waals surface area contributed by atoms with Gasteiger partial charge in [-0.1, -0.05) is 42.5 Å². The number of aliphatic hydroxyl groups excluding tert-OH is 1. The molecule has 0 aliphatic carbocycles. The highest BCUT2D eigenvalue weighted by atomic mass is 32.1. The maximum atomic E-state index is 10.5. The van der Waals surface area contributed by atoms with Crippen LogP contribution in [0.25, 0.3) is 11.3 Å². The minimum Gasteiger partial charge on any atom is -0.487 e. The first-order chi connectivity index (χ1) is 10.3. The first kappa shape index (κ1) is 12.6. The Morgan fingerprint density at radius 3 is 2.67 bits per heavy atom. The zero-order valence-corrected chi connectivity index (χ0v) is 12.0. The molecule has 3 aromatic rings. The van der Waals surface area contributed by atoms with Gasteiger partial charge in [-0.15, -0.1) is 11.3 Å². The molecule has 1 aromatic heterocycles. The second-order valence-corrected chi connectivity index (χ2v) is 6.04. The molecule has 1 unspecified atom stereocenters. The van der Waals surface area contributed by atoms with Crippen molar-refractivity contribution in [1.82, 2.24) is 4.98 Å². The predicted molar refractivity (Wildman–Crippen MR) is 82.4 cm³/mol. The van der Waals surface area contributed by atoms with Crippen LogP contribution in [0.3, 0.4) is 0 Å². The number of aliphatic hydroxyl groups is 1. The molecule has 0 radical (unpaired) electrons. The summed E-state index contributed by atoms with van der Waals surface area (Å²) in [5, 5.41) is 11.2. The van der Waals surface area contributed by atoms with Gasteiger partial charge in [0, 0.05) is 5.56 Å². The zero-order chi connectivity index (χ0) is 14.2. The van der Waals surface area contributed by atoms with Gasteiger partial charge in [0.2, 0.25) is 0 Å². The van der Waals surface area contributed by atoms with Crippen molar-refractivity contribution in [2.24, 2.45) is 0 Å². The maximum Gasteiger partial charge on any atom is 0.131 e. The van der Waals surface area contributed by atoms with E-state index in [1.807, 2.05) is 54.6 Å². The Balaban J connectivity index is 1.77. The van der Waals surface area contributed by atoms with Crippen LogP contribution in [-0.4, -0.2) is 10.1 Å². The second-order valence-electron chi connectivity index (χ2n) is 4.92. The molecule has 0 spiro atoms. The third kappa shape index (κ3) is 2.13. The average molecular weight is 295 g/mol. The Labute approximate surface area is 126 Å². The third-order valence-electron chi connectivity index (χ3n) is 3.56. The van der Waals surface area contributed by atoms with Gasteiger partial charge in [0.25, 0.3) is 0 Å². The molecule has 0 amide bonds. The van der Waals surface area contributed by atoms with Gasteiger partial charge < -0.3 is 9.84 Å². The number of benzene rings is 2. The van der Waals surface area contributed by atoms with Crippen LogP contribution in [0, 0.1) is 0 Å². The van der Waals surface area contributed by atoms with Crippen molar-refractivity contribution in [1.29, 1.82) is 0 Å². The quantitative estimate of drug-likeness (QED) is 0.782. The van der Waals surface area contributed by atoms with E-state index in [2.05, 4.69) is 4.98 Å². The highest BCUT2D eigenvalue weighted by Crippen LogP contribution is 2.41. The second kappa shape index (κ2) is 4.98. The average Bonchev–Trinajstić information content (AvgIpc) is 2.99. The van der Waals surface area contributed by atoms with Crippen molar-refractivity contribution in [2.45, 2.75) is 12.7 Å². The summed E-state index contributed by atoms with van der Waals surface area (Å²) in [7, 11) is 0. The van der Waals surface area contributed by atoms with Gasteiger partial charge in [-0.05, 0) is 17.7 Å². The number of ether oxygens (including phenoxy) is 1. The topological polar surface area (TPSA) is 42.4 Å². The summed E-state index contributed by atoms with van der Waals surface area (Å²) in [6.07, 6.45) is -0.686. The normalized spacial score (nSPS) is 14.0. The molecule has 21 heavy (non-hydrogen) atoms. The smallest absolute Gasteiger partial charge is 0.131 e. The highest BCUT2D eigenvalue weighted by Gasteiger charge is 2.24. The van der Waals surface area contributed by atoms with Crippen molar-refractivity contribution in [3.63, 3.8) is 0 Å². The van der Waals surface area contributed by atoms with Gasteiger partial charge in [-0.25, -0.2) is 4.98 Å². The van der Waals surface area contributed by atoms with E-state index in [1.54, 1.807) is 0 Å². The Morgan fingerprint density at radius 1 is 1.05 bits per heavy atom. The van der Waals surface area contributed by atoms with E-state index in [-0.39, 0.29) is 0 Å². The fraction of sp³-hybridized carbons (Fsp3) is 0.118. The van der Waals surface area contributed by atoms with Crippen molar-refractivity contribution >= 4 is 11.3 Å². The summed E-state index contributed by atoms with van der Waals surface area (Å²) in [5.74, 6) is 0.857. The Bertz CT molecular complexity index is 782. The molecular weight excluding hydrogens is 282 g/mol. The van der Waals surface area contributed by atoms with Crippen LogP contribution in [0.5, 0.6) is 5.75 Å². The van der Waals surface area contributed by atoms with Gasteiger partial charge in [-0.2, -0.15) is 0 Å². The molecule has 1 N–H and O–H groups in total. The number of rotatable bonds is 2. The number of aromatic nitrogens is 1. The lowest BCUT2D eigenvalue weighted by Gasteiger charge is -2.15. The Kier molecular flexibility index (Phi) is 2.98. The zero-order valence-electron chi connectivity index (χ0n) is 11.2.